The SMILES string of the molecule is CN1CC(Nc2ccc(S(=O)(=O)[N+]3(c4ccc(C(N)=O)c(Oc5cnc6[nH]ccc6c5)c4)CCN(CC4=C(c5ccc(Cl)cc5)CC(C)(C)CC4)CC3)cc2[N+](=O)[O-])CC1=O. The molecule has 5 aromatic rings. The van der Waals surface area contributed by atoms with E-state index in [0.717, 1.165) is 36.3 Å². The largest absolute Gasteiger partial charge is 0.455 e. The van der Waals surface area contributed by atoms with Crippen molar-refractivity contribution in [2.75, 3.05) is 51.6 Å². The summed E-state index contributed by atoms with van der Waals surface area (Å²) in [5, 5.41) is 17.0. The minimum absolute atomic E-state index is 0.0380. The van der Waals surface area contributed by atoms with Gasteiger partial charge in [-0.15, -0.1) is 0 Å². The van der Waals surface area contributed by atoms with Crippen LogP contribution in [0.1, 0.15) is 55.5 Å². The number of nitrogens with two attached hydrogens (primary N) is 1. The third kappa shape index (κ3) is 8.32. The molecule has 4 heterocycles. The highest BCUT2D eigenvalue weighted by atomic mass is 35.5. The molecule has 2 amide bonds. The first-order valence-electron chi connectivity index (χ1n) is 20.2. The number of piperazine rings is 1. The van der Waals surface area contributed by atoms with E-state index < -0.39 is 30.4 Å². The number of H-pyrrole nitrogens is 1. The number of hydrogen-bond donors (Lipinski definition) is 3. The van der Waals surface area contributed by atoms with Gasteiger partial charge < -0.3 is 25.7 Å². The van der Waals surface area contributed by atoms with Crippen LogP contribution in [-0.2, 0) is 14.8 Å². The van der Waals surface area contributed by atoms with Gasteiger partial charge in [-0.25, -0.2) is 4.98 Å². The lowest BCUT2D eigenvalue weighted by molar-refractivity contribution is -0.384. The van der Waals surface area contributed by atoms with Crippen molar-refractivity contribution in [3.63, 3.8) is 0 Å². The Kier molecular flexibility index (Phi) is 11.1. The van der Waals surface area contributed by atoms with E-state index in [4.69, 9.17) is 22.1 Å². The second-order valence-corrected chi connectivity index (χ2v) is 19.6. The molecule has 2 saturated heterocycles. The molecule has 2 aliphatic heterocycles. The normalized spacial score (nSPS) is 19.3. The second kappa shape index (κ2) is 16.2. The van der Waals surface area contributed by atoms with E-state index in [0.29, 0.717) is 48.3 Å². The number of nitrogens with zero attached hydrogens (tertiary/aromatic N) is 5. The van der Waals surface area contributed by atoms with Gasteiger partial charge in [0.1, 0.15) is 40.8 Å². The maximum Gasteiger partial charge on any atom is 0.332 e. The van der Waals surface area contributed by atoms with Gasteiger partial charge in [0.25, 0.3) is 11.6 Å². The van der Waals surface area contributed by atoms with Crippen molar-refractivity contribution in [2.24, 2.45) is 11.1 Å². The van der Waals surface area contributed by atoms with Crippen LogP contribution in [0.5, 0.6) is 11.5 Å². The molecule has 0 bridgehead atoms. The van der Waals surface area contributed by atoms with Gasteiger partial charge in [-0.3, -0.25) is 24.6 Å². The van der Waals surface area contributed by atoms with Crippen molar-refractivity contribution in [3.05, 3.63) is 117 Å². The van der Waals surface area contributed by atoms with E-state index in [1.807, 2.05) is 18.2 Å². The number of aromatic nitrogens is 2. The molecule has 1 unspecified atom stereocenters. The number of carbonyl (C=O) groups is 2. The maximum absolute atomic E-state index is 15.4. The van der Waals surface area contributed by atoms with Crippen LogP contribution in [-0.4, -0.2) is 97.3 Å². The fourth-order valence-electron chi connectivity index (χ4n) is 8.84. The minimum Gasteiger partial charge on any atom is -0.455 e. The summed E-state index contributed by atoms with van der Waals surface area (Å²) < 4.78 is 36.4. The number of primary amides is 1. The summed E-state index contributed by atoms with van der Waals surface area (Å²) in [6.45, 7) is 6.43. The summed E-state index contributed by atoms with van der Waals surface area (Å²) in [6.07, 6.45) is 6.19. The number of sulfonamides is 1. The molecule has 3 aliphatic rings. The Balaban J connectivity index is 1.18. The van der Waals surface area contributed by atoms with Gasteiger partial charge in [-0.2, -0.15) is 12.3 Å². The van der Waals surface area contributed by atoms with Gasteiger partial charge in [-0.05, 0) is 78.3 Å². The van der Waals surface area contributed by atoms with Crippen LogP contribution in [0.3, 0.4) is 0 Å². The van der Waals surface area contributed by atoms with E-state index in [9.17, 15) is 19.7 Å². The Bertz CT molecular complexity index is 2690. The van der Waals surface area contributed by atoms with Crippen LogP contribution in [0.25, 0.3) is 16.6 Å². The number of nitrogens with one attached hydrogen (secondary N) is 2. The molecule has 3 aromatic carbocycles. The first kappa shape index (κ1) is 41.9. The number of allylic oxidation sites excluding steroid dienone is 1. The minimum atomic E-state index is -4.46. The average Bonchev–Trinajstić information content (AvgIpc) is 3.83. The first-order valence-corrected chi connectivity index (χ1v) is 22.0. The topological polar surface area (TPSA) is 194 Å². The average molecular weight is 868 g/mol. The van der Waals surface area contributed by atoms with Crippen molar-refractivity contribution >= 4 is 67.1 Å². The second-order valence-electron chi connectivity index (χ2n) is 17.0. The number of fused-ring (bicyclic) bond motifs is 1. The lowest BCUT2D eigenvalue weighted by Gasteiger charge is -2.43. The number of likely N-dealkylation sites (tertiary alicyclic amines) is 1. The number of rotatable bonds is 12. The summed E-state index contributed by atoms with van der Waals surface area (Å²) in [5.41, 5.74) is 10.3. The molecule has 0 spiro atoms. The van der Waals surface area contributed by atoms with Crippen LogP contribution in [0, 0.1) is 15.5 Å². The number of carbonyl (C=O) groups excluding carboxylic acids is 2. The highest BCUT2D eigenvalue weighted by Crippen LogP contribution is 2.45. The van der Waals surface area contributed by atoms with Crippen molar-refractivity contribution in [3.8, 4) is 11.5 Å². The van der Waals surface area contributed by atoms with Crippen LogP contribution in [0.4, 0.5) is 17.1 Å². The molecular formula is C44H48ClN8O7S+. The Labute approximate surface area is 358 Å². The van der Waals surface area contributed by atoms with E-state index in [-0.39, 0.29) is 58.8 Å². The number of nitro benzene ring substituents is 1. The van der Waals surface area contributed by atoms with Crippen LogP contribution < -0.4 is 19.7 Å². The lowest BCUT2D eigenvalue weighted by Crippen LogP contribution is -2.63. The highest BCUT2D eigenvalue weighted by Gasteiger charge is 2.49. The zero-order valence-corrected chi connectivity index (χ0v) is 35.8. The van der Waals surface area contributed by atoms with Gasteiger partial charge in [-0.1, -0.05) is 43.2 Å². The smallest absolute Gasteiger partial charge is 0.332 e. The molecule has 61 heavy (non-hydrogen) atoms. The van der Waals surface area contributed by atoms with Crippen LogP contribution in [0.2, 0.25) is 5.02 Å². The lowest BCUT2D eigenvalue weighted by atomic mass is 9.72. The number of amides is 2. The summed E-state index contributed by atoms with van der Waals surface area (Å²) in [5.74, 6) is -0.520. The predicted octanol–water partition coefficient (Wildman–Crippen LogP) is 7.33. The van der Waals surface area contributed by atoms with Crippen molar-refractivity contribution in [1.29, 1.82) is 0 Å². The molecule has 8 rings (SSSR count). The van der Waals surface area contributed by atoms with Crippen molar-refractivity contribution < 1.29 is 27.7 Å². The molecule has 2 fully saturated rings. The number of pyridine rings is 1. The van der Waals surface area contributed by atoms with Crippen LogP contribution in [0.15, 0.2) is 95.7 Å². The Morgan fingerprint density at radius 2 is 1.85 bits per heavy atom. The highest BCUT2D eigenvalue weighted by molar-refractivity contribution is 7.91. The molecule has 0 saturated carbocycles. The monoisotopic (exact) mass is 867 g/mol. The van der Waals surface area contributed by atoms with Gasteiger partial charge in [0.15, 0.2) is 5.69 Å². The fraction of sp³-hybridized carbons (Fsp3) is 0.341. The van der Waals surface area contributed by atoms with Crippen molar-refractivity contribution in [1.82, 2.24) is 23.7 Å². The molecule has 0 radical (unpaired) electrons. The fourth-order valence-corrected chi connectivity index (χ4v) is 10.9. The summed E-state index contributed by atoms with van der Waals surface area (Å²) in [4.78, 5) is 47.9. The van der Waals surface area contributed by atoms with E-state index >= 15 is 8.42 Å². The molecule has 15 nitrogen and oxygen atoms in total. The zero-order valence-electron chi connectivity index (χ0n) is 34.2. The zero-order chi connectivity index (χ0) is 43.3. The maximum atomic E-state index is 15.4. The van der Waals surface area contributed by atoms with Gasteiger partial charge >= 0.3 is 10.0 Å². The summed E-state index contributed by atoms with van der Waals surface area (Å²) in [7, 11) is -2.81. The molecule has 4 N–H and O–H groups in total. The number of quaternary nitrogens is 1. The molecule has 1 aliphatic carbocycles. The van der Waals surface area contributed by atoms with E-state index in [1.165, 1.54) is 46.5 Å². The molecule has 318 valence electrons. The Hall–Kier alpha value is -5.81. The third-order valence-electron chi connectivity index (χ3n) is 12.3. The number of likely N-dealkylation sites (N-methyl/N-ethyl adjacent to an activating group) is 1. The van der Waals surface area contributed by atoms with Gasteiger partial charge in [0, 0.05) is 74.5 Å². The number of hydrogen-bond acceptors (Lipinski definition) is 10. The molecule has 17 heteroatoms. The van der Waals surface area contributed by atoms with E-state index in [2.05, 4.69) is 46.2 Å². The molecule has 2 aromatic heterocycles. The third-order valence-corrected chi connectivity index (χ3v) is 14.9. The standard InChI is InChI=1S/C44H47ClN8O7S/c1-44(2)14-12-30(37(24-44)28-4-6-31(45)7-5-28)26-51-16-18-53(19-17-51,33-8-10-36(42(46)55)40(22-33)60-34-20-29-13-15-47-43(29)48-25-34)61(58,59)35-9-11-38(39(23-35)52(56)57)49-32-21-41(54)50(3)27-32/h4-11,13,15,20,22-23,25,32,49H,12,14,16-19,21,24,26-27H2,1-3H3,(H2-,46,47,48,55)/p+1. The summed E-state index contributed by atoms with van der Waals surface area (Å²) in [6, 6.07) is 19.5. The number of nitro groups is 1. The van der Waals surface area contributed by atoms with Gasteiger partial charge in [0.2, 0.25) is 5.91 Å². The number of aromatic amines is 1. The molecular weight excluding hydrogens is 820 g/mol. The number of ether oxygens (including phenoxy) is 1. The van der Waals surface area contributed by atoms with Crippen LogP contribution >= 0.6 is 11.6 Å². The first-order chi connectivity index (χ1) is 29.0. The van der Waals surface area contributed by atoms with E-state index in [1.54, 1.807) is 25.4 Å². The quantitative estimate of drug-likeness (QED) is 0.0649. The molecule has 1 atom stereocenters. The Morgan fingerprint density at radius 3 is 2.54 bits per heavy atom. The summed E-state index contributed by atoms with van der Waals surface area (Å²) >= 11 is 6.26. The Morgan fingerprint density at radius 1 is 1.10 bits per heavy atom. The number of anilines is 1. The number of benzene rings is 3. The number of halogens is 1. The predicted molar refractivity (Wildman–Crippen MR) is 235 cm³/mol. The van der Waals surface area contributed by atoms with Gasteiger partial charge in [0.05, 0.1) is 22.7 Å². The van der Waals surface area contributed by atoms with Crippen molar-refractivity contribution in [2.45, 2.75) is 50.5 Å².